The van der Waals surface area contributed by atoms with Gasteiger partial charge in [0.2, 0.25) is 5.88 Å². The lowest BCUT2D eigenvalue weighted by Crippen LogP contribution is -2.22. The zero-order chi connectivity index (χ0) is 19.1. The van der Waals surface area contributed by atoms with Gasteiger partial charge in [-0.1, -0.05) is 18.2 Å². The Morgan fingerprint density at radius 3 is 2.67 bits per heavy atom. The minimum atomic E-state index is -0.363. The van der Waals surface area contributed by atoms with Crippen LogP contribution < -0.4 is 20.5 Å². The van der Waals surface area contributed by atoms with Gasteiger partial charge in [0.1, 0.15) is 17.3 Å². The van der Waals surface area contributed by atoms with E-state index in [2.05, 4.69) is 15.3 Å². The van der Waals surface area contributed by atoms with Gasteiger partial charge in [0.25, 0.3) is 0 Å². The maximum atomic E-state index is 13.2. The van der Waals surface area contributed by atoms with Crippen LogP contribution in [0.15, 0.2) is 71.9 Å². The highest BCUT2D eigenvalue weighted by molar-refractivity contribution is 5.92. The number of benzene rings is 2. The molecule has 1 aromatic heterocycles. The third-order valence-electron chi connectivity index (χ3n) is 3.59. The SMILES string of the molecule is COc1cccc(NC(N)=NCc2ccc(Oc3cccc(F)c3)nc2)c1. The van der Waals surface area contributed by atoms with Crippen LogP contribution in [0, 0.1) is 5.82 Å². The maximum absolute atomic E-state index is 13.2. The Kier molecular flexibility index (Phi) is 5.84. The Morgan fingerprint density at radius 1 is 1.11 bits per heavy atom. The number of ether oxygens (including phenoxy) is 2. The number of rotatable bonds is 6. The van der Waals surface area contributed by atoms with Gasteiger partial charge < -0.3 is 20.5 Å². The molecule has 0 bridgehead atoms. The monoisotopic (exact) mass is 366 g/mol. The number of nitrogens with one attached hydrogen (secondary N) is 1. The quantitative estimate of drug-likeness (QED) is 0.510. The number of nitrogens with zero attached hydrogens (tertiary/aromatic N) is 2. The summed E-state index contributed by atoms with van der Waals surface area (Å²) in [5.41, 5.74) is 7.55. The van der Waals surface area contributed by atoms with Crippen LogP contribution in [0.2, 0.25) is 0 Å². The van der Waals surface area contributed by atoms with E-state index in [1.165, 1.54) is 12.1 Å². The van der Waals surface area contributed by atoms with Crippen molar-refractivity contribution in [1.29, 1.82) is 0 Å². The number of halogens is 1. The van der Waals surface area contributed by atoms with Crippen LogP contribution in [-0.2, 0) is 6.54 Å². The van der Waals surface area contributed by atoms with Crippen LogP contribution in [0.1, 0.15) is 5.56 Å². The second-order valence-corrected chi connectivity index (χ2v) is 5.62. The van der Waals surface area contributed by atoms with E-state index in [9.17, 15) is 4.39 Å². The largest absolute Gasteiger partial charge is 0.497 e. The first-order valence-corrected chi connectivity index (χ1v) is 8.22. The Bertz CT molecular complexity index is 929. The average molecular weight is 366 g/mol. The second-order valence-electron chi connectivity index (χ2n) is 5.62. The van der Waals surface area contributed by atoms with Crippen LogP contribution >= 0.6 is 0 Å². The van der Waals surface area contributed by atoms with Gasteiger partial charge in [-0.3, -0.25) is 0 Å². The van der Waals surface area contributed by atoms with Crippen molar-refractivity contribution >= 4 is 11.6 Å². The van der Waals surface area contributed by atoms with E-state index < -0.39 is 0 Å². The van der Waals surface area contributed by atoms with E-state index in [0.29, 0.717) is 18.2 Å². The van der Waals surface area contributed by atoms with Gasteiger partial charge >= 0.3 is 0 Å². The molecule has 1 heterocycles. The minimum Gasteiger partial charge on any atom is -0.497 e. The Hall–Kier alpha value is -3.61. The van der Waals surface area contributed by atoms with Gasteiger partial charge in [0.15, 0.2) is 5.96 Å². The zero-order valence-electron chi connectivity index (χ0n) is 14.7. The number of anilines is 1. The van der Waals surface area contributed by atoms with Crippen molar-refractivity contribution in [2.45, 2.75) is 6.54 Å². The molecule has 0 saturated heterocycles. The van der Waals surface area contributed by atoms with Crippen LogP contribution in [0.25, 0.3) is 0 Å². The lowest BCUT2D eigenvalue weighted by molar-refractivity contribution is 0.415. The molecule has 2 aromatic carbocycles. The first-order chi connectivity index (χ1) is 13.1. The van der Waals surface area contributed by atoms with E-state index in [1.807, 2.05) is 30.3 Å². The lowest BCUT2D eigenvalue weighted by Gasteiger charge is -2.08. The van der Waals surface area contributed by atoms with E-state index in [0.717, 1.165) is 17.0 Å². The highest BCUT2D eigenvalue weighted by atomic mass is 19.1. The first-order valence-electron chi connectivity index (χ1n) is 8.22. The number of pyridine rings is 1. The summed E-state index contributed by atoms with van der Waals surface area (Å²) < 4.78 is 23.8. The molecule has 0 amide bonds. The normalized spacial score (nSPS) is 11.1. The van der Waals surface area contributed by atoms with Gasteiger partial charge in [-0.2, -0.15) is 0 Å². The van der Waals surface area contributed by atoms with Gasteiger partial charge in [0, 0.05) is 30.1 Å². The molecule has 0 fully saturated rings. The maximum Gasteiger partial charge on any atom is 0.219 e. The van der Waals surface area contributed by atoms with E-state index in [-0.39, 0.29) is 11.8 Å². The number of methoxy groups -OCH3 is 1. The molecule has 138 valence electrons. The van der Waals surface area contributed by atoms with Crippen LogP contribution in [0.3, 0.4) is 0 Å². The molecule has 3 N–H and O–H groups in total. The van der Waals surface area contributed by atoms with E-state index >= 15 is 0 Å². The van der Waals surface area contributed by atoms with Crippen LogP contribution in [0.5, 0.6) is 17.4 Å². The molecular formula is C20H19FN4O2. The molecule has 3 aromatic rings. The predicted octanol–water partition coefficient (Wildman–Crippen LogP) is 3.95. The fraction of sp³-hybridized carbons (Fsp3) is 0.100. The van der Waals surface area contributed by atoms with E-state index in [1.54, 1.807) is 31.5 Å². The summed E-state index contributed by atoms with van der Waals surface area (Å²) in [6.45, 7) is 0.357. The smallest absolute Gasteiger partial charge is 0.219 e. The molecule has 0 aliphatic heterocycles. The number of guanidine groups is 1. The van der Waals surface area contributed by atoms with Gasteiger partial charge in [-0.25, -0.2) is 14.4 Å². The molecule has 7 heteroatoms. The standard InChI is InChI=1S/C20H19FN4O2/c1-26-17-6-3-5-16(11-17)25-20(22)24-13-14-8-9-19(23-12-14)27-18-7-2-4-15(21)10-18/h2-12H,13H2,1H3,(H3,22,24,25). The fourth-order valence-corrected chi connectivity index (χ4v) is 2.28. The number of hydrogen-bond acceptors (Lipinski definition) is 4. The third kappa shape index (κ3) is 5.43. The summed E-state index contributed by atoms with van der Waals surface area (Å²) in [5, 5.41) is 3.00. The highest BCUT2D eigenvalue weighted by Crippen LogP contribution is 2.20. The Labute approximate surface area is 156 Å². The summed E-state index contributed by atoms with van der Waals surface area (Å²) in [4.78, 5) is 8.48. The van der Waals surface area contributed by atoms with Crippen molar-refractivity contribution in [2.24, 2.45) is 10.7 Å². The van der Waals surface area contributed by atoms with Crippen molar-refractivity contribution in [3.63, 3.8) is 0 Å². The molecule has 0 spiro atoms. The second kappa shape index (κ2) is 8.66. The van der Waals surface area contributed by atoms with Crippen molar-refractivity contribution in [3.05, 3.63) is 78.2 Å². The molecule has 3 rings (SSSR count). The van der Waals surface area contributed by atoms with Crippen LogP contribution in [-0.4, -0.2) is 18.1 Å². The zero-order valence-corrected chi connectivity index (χ0v) is 14.7. The van der Waals surface area contributed by atoms with Crippen molar-refractivity contribution in [2.75, 3.05) is 12.4 Å². The summed E-state index contributed by atoms with van der Waals surface area (Å²) in [7, 11) is 1.60. The summed E-state index contributed by atoms with van der Waals surface area (Å²) in [5.74, 6) is 1.41. The van der Waals surface area contributed by atoms with Crippen LogP contribution in [0.4, 0.5) is 10.1 Å². The Morgan fingerprint density at radius 2 is 1.93 bits per heavy atom. The average Bonchev–Trinajstić information content (AvgIpc) is 2.68. The van der Waals surface area contributed by atoms with Gasteiger partial charge in [-0.05, 0) is 29.8 Å². The topological polar surface area (TPSA) is 81.8 Å². The molecule has 0 saturated carbocycles. The molecule has 6 nitrogen and oxygen atoms in total. The summed E-state index contributed by atoms with van der Waals surface area (Å²) in [6, 6.07) is 16.8. The van der Waals surface area contributed by atoms with Crippen molar-refractivity contribution in [1.82, 2.24) is 4.98 Å². The molecular weight excluding hydrogens is 347 g/mol. The fourth-order valence-electron chi connectivity index (χ4n) is 2.28. The summed E-state index contributed by atoms with van der Waals surface area (Å²) in [6.07, 6.45) is 1.64. The van der Waals surface area contributed by atoms with E-state index in [4.69, 9.17) is 15.2 Å². The molecule has 0 atom stereocenters. The minimum absolute atomic E-state index is 0.281. The third-order valence-corrected chi connectivity index (χ3v) is 3.59. The lowest BCUT2D eigenvalue weighted by atomic mass is 10.3. The highest BCUT2D eigenvalue weighted by Gasteiger charge is 2.02. The number of nitrogens with two attached hydrogens (primary N) is 1. The molecule has 0 radical (unpaired) electrons. The molecule has 0 aliphatic carbocycles. The molecule has 27 heavy (non-hydrogen) atoms. The van der Waals surface area contributed by atoms with Crippen molar-refractivity contribution < 1.29 is 13.9 Å². The summed E-state index contributed by atoms with van der Waals surface area (Å²) >= 11 is 0. The predicted molar refractivity (Wildman–Crippen MR) is 103 cm³/mol. The molecule has 0 unspecified atom stereocenters. The number of aromatic nitrogens is 1. The van der Waals surface area contributed by atoms with Gasteiger partial charge in [0.05, 0.1) is 13.7 Å². The van der Waals surface area contributed by atoms with Crippen molar-refractivity contribution in [3.8, 4) is 17.4 Å². The number of hydrogen-bond donors (Lipinski definition) is 2. The van der Waals surface area contributed by atoms with Gasteiger partial charge in [-0.15, -0.1) is 0 Å². The molecule has 0 aliphatic rings. The first kappa shape index (κ1) is 18.2. The number of aliphatic imine (C=N–C) groups is 1. The Balaban J connectivity index is 1.58.